The summed E-state index contributed by atoms with van der Waals surface area (Å²) in [6.45, 7) is 4.86. The first-order valence-corrected chi connectivity index (χ1v) is 7.44. The van der Waals surface area contributed by atoms with Crippen LogP contribution in [0.5, 0.6) is 0 Å². The highest BCUT2D eigenvalue weighted by Crippen LogP contribution is 2.08. The number of ether oxygens (including phenoxy) is 1. The molecule has 1 N–H and O–H groups in total. The van der Waals surface area contributed by atoms with Gasteiger partial charge in [-0.05, 0) is 18.6 Å². The molecule has 20 heavy (non-hydrogen) atoms. The minimum absolute atomic E-state index is 0.151. The van der Waals surface area contributed by atoms with Gasteiger partial charge in [0, 0.05) is 5.57 Å². The van der Waals surface area contributed by atoms with Gasteiger partial charge in [-0.2, -0.15) is 8.42 Å². The first kappa shape index (κ1) is 16.1. The second-order valence-electron chi connectivity index (χ2n) is 4.24. The smallest absolute Gasteiger partial charge is 0.333 e. The second kappa shape index (κ2) is 7.02. The molecule has 0 heterocycles. The summed E-state index contributed by atoms with van der Waals surface area (Å²) in [5.41, 5.74) is 0.970. The van der Waals surface area contributed by atoms with Gasteiger partial charge in [-0.3, -0.25) is 4.55 Å². The summed E-state index contributed by atoms with van der Waals surface area (Å²) in [6, 6.07) is 9.09. The van der Waals surface area contributed by atoms with Gasteiger partial charge in [0.25, 0.3) is 10.1 Å². The fourth-order valence-corrected chi connectivity index (χ4v) is 1.95. The summed E-state index contributed by atoms with van der Waals surface area (Å²) < 4.78 is 35.6. The topological polar surface area (TPSA) is 80.7 Å². The van der Waals surface area contributed by atoms with Crippen molar-refractivity contribution in [2.24, 2.45) is 0 Å². The maximum absolute atomic E-state index is 11.4. The molecule has 6 heteroatoms. The van der Waals surface area contributed by atoms with Gasteiger partial charge in [0.1, 0.15) is 11.9 Å². The standard InChI is InChI=1S/C14H16O5S/c1-11(2)14(15)19-13(10-20(16,17)18)9-8-12-6-4-3-5-7-12/h3-9,13H,1,10H2,2H3,(H,16,17,18). The van der Waals surface area contributed by atoms with E-state index in [1.54, 1.807) is 6.08 Å². The molecule has 0 aliphatic heterocycles. The third-order valence-electron chi connectivity index (χ3n) is 2.28. The molecule has 0 amide bonds. The van der Waals surface area contributed by atoms with E-state index in [1.807, 2.05) is 30.3 Å². The molecular formula is C14H16O5S. The minimum atomic E-state index is -4.26. The zero-order valence-corrected chi connectivity index (χ0v) is 11.8. The summed E-state index contributed by atoms with van der Waals surface area (Å²) in [7, 11) is -4.26. The first-order valence-electron chi connectivity index (χ1n) is 5.83. The van der Waals surface area contributed by atoms with Crippen LogP contribution in [-0.2, 0) is 19.6 Å². The van der Waals surface area contributed by atoms with E-state index in [-0.39, 0.29) is 5.57 Å². The lowest BCUT2D eigenvalue weighted by Crippen LogP contribution is -2.25. The number of esters is 1. The number of hydrogen-bond donors (Lipinski definition) is 1. The van der Waals surface area contributed by atoms with E-state index in [0.29, 0.717) is 0 Å². The van der Waals surface area contributed by atoms with Gasteiger partial charge in [0.05, 0.1) is 0 Å². The predicted molar refractivity (Wildman–Crippen MR) is 76.6 cm³/mol. The Hall–Kier alpha value is -1.92. The fraction of sp³-hybridized carbons (Fsp3) is 0.214. The van der Waals surface area contributed by atoms with Crippen molar-refractivity contribution in [1.29, 1.82) is 0 Å². The Morgan fingerprint density at radius 3 is 2.50 bits per heavy atom. The number of carbonyl (C=O) groups excluding carboxylic acids is 1. The average Bonchev–Trinajstić information content (AvgIpc) is 2.35. The third-order valence-corrected chi connectivity index (χ3v) is 3.03. The van der Waals surface area contributed by atoms with Crippen molar-refractivity contribution in [2.75, 3.05) is 5.75 Å². The highest BCUT2D eigenvalue weighted by Gasteiger charge is 2.18. The van der Waals surface area contributed by atoms with E-state index in [1.165, 1.54) is 13.0 Å². The molecule has 5 nitrogen and oxygen atoms in total. The Morgan fingerprint density at radius 2 is 2.00 bits per heavy atom. The number of hydrogen-bond acceptors (Lipinski definition) is 4. The molecule has 0 bridgehead atoms. The van der Waals surface area contributed by atoms with E-state index < -0.39 is 27.9 Å². The lowest BCUT2D eigenvalue weighted by atomic mass is 10.2. The summed E-state index contributed by atoms with van der Waals surface area (Å²) in [4.78, 5) is 11.4. The van der Waals surface area contributed by atoms with Gasteiger partial charge in [-0.1, -0.05) is 43.0 Å². The van der Waals surface area contributed by atoms with Crippen LogP contribution in [0.2, 0.25) is 0 Å². The van der Waals surface area contributed by atoms with Gasteiger partial charge in [0.2, 0.25) is 0 Å². The van der Waals surface area contributed by atoms with Gasteiger partial charge in [0.15, 0.2) is 0 Å². The quantitative estimate of drug-likeness (QED) is 0.494. The zero-order valence-electron chi connectivity index (χ0n) is 11.0. The second-order valence-corrected chi connectivity index (χ2v) is 5.74. The Balaban J connectivity index is 2.85. The van der Waals surface area contributed by atoms with Crippen molar-refractivity contribution >= 4 is 22.2 Å². The maximum atomic E-state index is 11.4. The van der Waals surface area contributed by atoms with Crippen LogP contribution in [0.15, 0.2) is 48.6 Å². The first-order chi connectivity index (χ1) is 9.28. The molecule has 0 saturated heterocycles. The molecule has 1 aromatic carbocycles. The highest BCUT2D eigenvalue weighted by molar-refractivity contribution is 7.85. The van der Waals surface area contributed by atoms with E-state index in [2.05, 4.69) is 6.58 Å². The molecule has 0 radical (unpaired) electrons. The van der Waals surface area contributed by atoms with Crippen LogP contribution in [0.1, 0.15) is 12.5 Å². The lowest BCUT2D eigenvalue weighted by molar-refractivity contribution is -0.141. The molecule has 0 aromatic heterocycles. The Kier molecular flexibility index (Phi) is 5.66. The monoisotopic (exact) mass is 296 g/mol. The third kappa shape index (κ3) is 6.31. The minimum Gasteiger partial charge on any atom is -0.454 e. The molecule has 0 aliphatic rings. The molecule has 0 aliphatic carbocycles. The molecule has 1 aromatic rings. The van der Waals surface area contributed by atoms with Crippen LogP contribution in [0, 0.1) is 0 Å². The van der Waals surface area contributed by atoms with Crippen LogP contribution in [-0.4, -0.2) is 30.8 Å². The summed E-state index contributed by atoms with van der Waals surface area (Å²) >= 11 is 0. The van der Waals surface area contributed by atoms with Crippen molar-refractivity contribution in [3.05, 3.63) is 54.1 Å². The molecule has 1 rings (SSSR count). The zero-order chi connectivity index (χ0) is 15.2. The maximum Gasteiger partial charge on any atom is 0.333 e. The van der Waals surface area contributed by atoms with Crippen LogP contribution in [0.4, 0.5) is 0 Å². The van der Waals surface area contributed by atoms with Crippen molar-refractivity contribution in [3.63, 3.8) is 0 Å². The summed E-state index contributed by atoms with van der Waals surface area (Å²) in [5, 5.41) is 0. The van der Waals surface area contributed by atoms with Crippen LogP contribution in [0.25, 0.3) is 6.08 Å². The molecule has 0 fully saturated rings. The SMILES string of the molecule is C=C(C)C(=O)OC(C=Cc1ccccc1)CS(=O)(=O)O. The van der Waals surface area contributed by atoms with Crippen molar-refractivity contribution in [2.45, 2.75) is 13.0 Å². The van der Waals surface area contributed by atoms with Gasteiger partial charge in [-0.25, -0.2) is 4.79 Å². The van der Waals surface area contributed by atoms with Crippen LogP contribution < -0.4 is 0 Å². The van der Waals surface area contributed by atoms with Gasteiger partial charge in [-0.15, -0.1) is 0 Å². The summed E-state index contributed by atoms with van der Waals surface area (Å²) in [5.74, 6) is -1.41. The fourth-order valence-electron chi connectivity index (χ4n) is 1.36. The van der Waals surface area contributed by atoms with E-state index in [4.69, 9.17) is 9.29 Å². The van der Waals surface area contributed by atoms with Crippen molar-refractivity contribution in [3.8, 4) is 0 Å². The van der Waals surface area contributed by atoms with Crippen LogP contribution in [0.3, 0.4) is 0 Å². The molecule has 1 unspecified atom stereocenters. The van der Waals surface area contributed by atoms with Crippen molar-refractivity contribution < 1.29 is 22.5 Å². The molecular weight excluding hydrogens is 280 g/mol. The number of rotatable bonds is 6. The van der Waals surface area contributed by atoms with Gasteiger partial charge >= 0.3 is 5.97 Å². The van der Waals surface area contributed by atoms with E-state index in [0.717, 1.165) is 5.56 Å². The van der Waals surface area contributed by atoms with E-state index in [9.17, 15) is 13.2 Å². The number of benzene rings is 1. The highest BCUT2D eigenvalue weighted by atomic mass is 32.2. The average molecular weight is 296 g/mol. The molecule has 108 valence electrons. The molecule has 0 saturated carbocycles. The number of carbonyl (C=O) groups is 1. The molecule has 1 atom stereocenters. The molecule has 0 spiro atoms. The summed E-state index contributed by atoms with van der Waals surface area (Å²) in [6.07, 6.45) is 1.94. The Bertz CT molecular complexity index is 602. The van der Waals surface area contributed by atoms with Crippen LogP contribution >= 0.6 is 0 Å². The lowest BCUT2D eigenvalue weighted by Gasteiger charge is -2.12. The van der Waals surface area contributed by atoms with E-state index >= 15 is 0 Å². The normalized spacial score (nSPS) is 13.1. The largest absolute Gasteiger partial charge is 0.454 e. The Morgan fingerprint density at radius 1 is 1.40 bits per heavy atom. The van der Waals surface area contributed by atoms with Gasteiger partial charge < -0.3 is 4.74 Å². The van der Waals surface area contributed by atoms with Crippen molar-refractivity contribution in [1.82, 2.24) is 0 Å². The Labute approximate surface area is 118 Å². The predicted octanol–water partition coefficient (Wildman–Crippen LogP) is 2.08.